The van der Waals surface area contributed by atoms with Crippen molar-refractivity contribution in [3.63, 3.8) is 0 Å². The molecule has 1 aromatic carbocycles. The molecule has 0 saturated heterocycles. The number of aliphatic carboxylic acids is 1. The van der Waals surface area contributed by atoms with Crippen molar-refractivity contribution in [2.45, 2.75) is 26.7 Å². The van der Waals surface area contributed by atoms with E-state index in [1.54, 1.807) is 12.1 Å². The first-order chi connectivity index (χ1) is 8.40. The molecule has 0 radical (unpaired) electrons. The first kappa shape index (κ1) is 14.0. The van der Waals surface area contributed by atoms with Gasteiger partial charge in [0.25, 0.3) is 5.91 Å². The maximum atomic E-state index is 11.8. The summed E-state index contributed by atoms with van der Waals surface area (Å²) in [6.07, 6.45) is 0.959. The average Bonchev–Trinajstić information content (AvgIpc) is 2.27. The Hall–Kier alpha value is -2.10. The standard InChI is InChI=1S/C14H17NO3/c1-9(2)11-4-6-12(7-5-11)14(18)15-10(3)8-13(16)17/h4-9H,1-3H3,(H,15,18)(H,16,17)/b10-8-. The number of hydrogen-bond acceptors (Lipinski definition) is 2. The molecule has 0 aliphatic heterocycles. The van der Waals surface area contributed by atoms with Crippen LogP contribution in [0.1, 0.15) is 42.6 Å². The highest BCUT2D eigenvalue weighted by Gasteiger charge is 2.07. The van der Waals surface area contributed by atoms with Crippen molar-refractivity contribution in [1.82, 2.24) is 5.32 Å². The minimum atomic E-state index is -1.08. The molecule has 0 unspecified atom stereocenters. The molecule has 1 aromatic rings. The van der Waals surface area contributed by atoms with Crippen LogP contribution in [0, 0.1) is 0 Å². The van der Waals surface area contributed by atoms with Crippen molar-refractivity contribution in [2.75, 3.05) is 0 Å². The summed E-state index contributed by atoms with van der Waals surface area (Å²) in [4.78, 5) is 22.2. The third-order valence-corrected chi connectivity index (χ3v) is 2.49. The number of carbonyl (C=O) groups is 2. The van der Waals surface area contributed by atoms with Gasteiger partial charge in [-0.05, 0) is 30.5 Å². The fourth-order valence-electron chi connectivity index (χ4n) is 1.49. The molecule has 4 heteroatoms. The molecule has 96 valence electrons. The van der Waals surface area contributed by atoms with E-state index in [0.717, 1.165) is 11.6 Å². The lowest BCUT2D eigenvalue weighted by Gasteiger charge is -2.07. The number of benzene rings is 1. The minimum Gasteiger partial charge on any atom is -0.478 e. The van der Waals surface area contributed by atoms with Gasteiger partial charge in [-0.15, -0.1) is 0 Å². The fourth-order valence-corrected chi connectivity index (χ4v) is 1.49. The molecule has 4 nitrogen and oxygen atoms in total. The first-order valence-electron chi connectivity index (χ1n) is 5.72. The molecule has 0 fully saturated rings. The largest absolute Gasteiger partial charge is 0.478 e. The highest BCUT2D eigenvalue weighted by molar-refractivity contribution is 5.96. The summed E-state index contributed by atoms with van der Waals surface area (Å²) in [5.74, 6) is -0.973. The molecule has 1 rings (SSSR count). The van der Waals surface area contributed by atoms with Crippen molar-refractivity contribution < 1.29 is 14.7 Å². The van der Waals surface area contributed by atoms with Gasteiger partial charge in [0, 0.05) is 17.3 Å². The Morgan fingerprint density at radius 3 is 2.22 bits per heavy atom. The van der Waals surface area contributed by atoms with Gasteiger partial charge in [-0.2, -0.15) is 0 Å². The van der Waals surface area contributed by atoms with Crippen LogP contribution in [-0.4, -0.2) is 17.0 Å². The monoisotopic (exact) mass is 247 g/mol. The Morgan fingerprint density at radius 1 is 1.22 bits per heavy atom. The topological polar surface area (TPSA) is 66.4 Å². The third-order valence-electron chi connectivity index (χ3n) is 2.49. The van der Waals surface area contributed by atoms with Crippen LogP contribution in [0.25, 0.3) is 0 Å². The van der Waals surface area contributed by atoms with E-state index in [1.807, 2.05) is 12.1 Å². The van der Waals surface area contributed by atoms with E-state index in [9.17, 15) is 9.59 Å². The summed E-state index contributed by atoms with van der Waals surface area (Å²) < 4.78 is 0. The van der Waals surface area contributed by atoms with Gasteiger partial charge in [0.2, 0.25) is 0 Å². The molecule has 1 amide bonds. The molecule has 0 aliphatic rings. The zero-order chi connectivity index (χ0) is 13.7. The number of nitrogens with one attached hydrogen (secondary N) is 1. The Balaban J connectivity index is 2.76. The summed E-state index contributed by atoms with van der Waals surface area (Å²) in [6, 6.07) is 7.27. The van der Waals surface area contributed by atoms with Gasteiger partial charge >= 0.3 is 5.97 Å². The van der Waals surface area contributed by atoms with Crippen molar-refractivity contribution >= 4 is 11.9 Å². The lowest BCUT2D eigenvalue weighted by Crippen LogP contribution is -2.22. The number of hydrogen-bond donors (Lipinski definition) is 2. The van der Waals surface area contributed by atoms with Gasteiger partial charge in [-0.3, -0.25) is 4.79 Å². The Bertz CT molecular complexity index is 472. The van der Waals surface area contributed by atoms with Crippen molar-refractivity contribution in [3.05, 3.63) is 47.2 Å². The zero-order valence-electron chi connectivity index (χ0n) is 10.7. The number of amides is 1. The van der Waals surface area contributed by atoms with Gasteiger partial charge in [0.15, 0.2) is 0 Å². The van der Waals surface area contributed by atoms with E-state index < -0.39 is 5.97 Å². The highest BCUT2D eigenvalue weighted by Crippen LogP contribution is 2.14. The van der Waals surface area contributed by atoms with Gasteiger partial charge in [0.05, 0.1) is 0 Å². The summed E-state index contributed by atoms with van der Waals surface area (Å²) in [5.41, 5.74) is 1.97. The molecular formula is C14H17NO3. The molecular weight excluding hydrogens is 230 g/mol. The van der Waals surface area contributed by atoms with Crippen LogP contribution in [0.3, 0.4) is 0 Å². The quantitative estimate of drug-likeness (QED) is 0.803. The minimum absolute atomic E-state index is 0.305. The molecule has 0 saturated carbocycles. The summed E-state index contributed by atoms with van der Waals surface area (Å²) in [5, 5.41) is 11.1. The van der Waals surface area contributed by atoms with E-state index in [0.29, 0.717) is 17.2 Å². The molecule has 18 heavy (non-hydrogen) atoms. The van der Waals surface area contributed by atoms with Crippen molar-refractivity contribution in [2.24, 2.45) is 0 Å². The van der Waals surface area contributed by atoms with Gasteiger partial charge in [-0.25, -0.2) is 4.79 Å². The molecule has 0 aromatic heterocycles. The van der Waals surface area contributed by atoms with E-state index >= 15 is 0 Å². The Labute approximate surface area is 106 Å². The molecule has 0 bridgehead atoms. The van der Waals surface area contributed by atoms with E-state index in [1.165, 1.54) is 6.92 Å². The van der Waals surface area contributed by atoms with Crippen LogP contribution in [0.2, 0.25) is 0 Å². The second-order valence-corrected chi connectivity index (χ2v) is 4.40. The number of carboxylic acids is 1. The summed E-state index contributed by atoms with van der Waals surface area (Å²) >= 11 is 0. The second-order valence-electron chi connectivity index (χ2n) is 4.40. The summed E-state index contributed by atoms with van der Waals surface area (Å²) in [6.45, 7) is 5.69. The predicted molar refractivity (Wildman–Crippen MR) is 69.4 cm³/mol. The third kappa shape index (κ3) is 4.05. The fraction of sp³-hybridized carbons (Fsp3) is 0.286. The lowest BCUT2D eigenvalue weighted by atomic mass is 10.0. The van der Waals surface area contributed by atoms with E-state index in [4.69, 9.17) is 5.11 Å². The molecule has 2 N–H and O–H groups in total. The van der Waals surface area contributed by atoms with Gasteiger partial charge in [0.1, 0.15) is 0 Å². The maximum Gasteiger partial charge on any atom is 0.330 e. The predicted octanol–water partition coefficient (Wildman–Crippen LogP) is 2.53. The molecule has 0 heterocycles. The first-order valence-corrected chi connectivity index (χ1v) is 5.72. The van der Waals surface area contributed by atoms with Crippen LogP contribution in [0.4, 0.5) is 0 Å². The Kier molecular flexibility index (Phi) is 4.66. The van der Waals surface area contributed by atoms with Crippen molar-refractivity contribution in [1.29, 1.82) is 0 Å². The number of rotatable bonds is 4. The SMILES string of the molecule is C/C(=C/C(=O)O)NC(=O)c1ccc(C(C)C)cc1. The Morgan fingerprint density at radius 2 is 1.78 bits per heavy atom. The van der Waals surface area contributed by atoms with Crippen LogP contribution >= 0.6 is 0 Å². The van der Waals surface area contributed by atoms with Crippen LogP contribution < -0.4 is 5.32 Å². The van der Waals surface area contributed by atoms with E-state index in [-0.39, 0.29) is 5.91 Å². The van der Waals surface area contributed by atoms with Crippen LogP contribution in [0.5, 0.6) is 0 Å². The van der Waals surface area contributed by atoms with Crippen LogP contribution in [0.15, 0.2) is 36.0 Å². The number of carboxylic acid groups (broad SMARTS) is 1. The van der Waals surface area contributed by atoms with Crippen LogP contribution in [-0.2, 0) is 4.79 Å². The van der Waals surface area contributed by atoms with Gasteiger partial charge in [-0.1, -0.05) is 26.0 Å². The zero-order valence-corrected chi connectivity index (χ0v) is 10.7. The molecule has 0 spiro atoms. The van der Waals surface area contributed by atoms with Crippen molar-refractivity contribution in [3.8, 4) is 0 Å². The van der Waals surface area contributed by atoms with Gasteiger partial charge < -0.3 is 10.4 Å². The van der Waals surface area contributed by atoms with E-state index in [2.05, 4.69) is 19.2 Å². The maximum absolute atomic E-state index is 11.8. The lowest BCUT2D eigenvalue weighted by molar-refractivity contribution is -0.131. The highest BCUT2D eigenvalue weighted by atomic mass is 16.4. The average molecular weight is 247 g/mol. The second kappa shape index (κ2) is 6.00. The molecule has 0 aliphatic carbocycles. The summed E-state index contributed by atoms with van der Waals surface area (Å²) in [7, 11) is 0. The number of allylic oxidation sites excluding steroid dienone is 1. The normalized spacial score (nSPS) is 11.4. The molecule has 0 atom stereocenters. The number of carbonyl (C=O) groups excluding carboxylic acids is 1. The smallest absolute Gasteiger partial charge is 0.330 e.